The summed E-state index contributed by atoms with van der Waals surface area (Å²) in [5.74, 6) is 0.909. The van der Waals surface area contributed by atoms with Gasteiger partial charge in [0.25, 0.3) is 0 Å². The van der Waals surface area contributed by atoms with Crippen molar-refractivity contribution in [1.82, 2.24) is 0 Å². The summed E-state index contributed by atoms with van der Waals surface area (Å²) < 4.78 is 5.43. The number of fused-ring (bicyclic) bond motifs is 7. The van der Waals surface area contributed by atoms with Crippen LogP contribution < -0.4 is 0 Å². The van der Waals surface area contributed by atoms with Crippen molar-refractivity contribution in [2.45, 2.75) is 99.8 Å². The molecule has 5 aliphatic rings. The lowest BCUT2D eigenvalue weighted by Gasteiger charge is -2.71. The first-order valence-electron chi connectivity index (χ1n) is 13.9. The molecule has 5 rings (SSSR count). The van der Waals surface area contributed by atoms with Crippen LogP contribution in [0.5, 0.6) is 0 Å². The maximum Gasteiger partial charge on any atom is 0.312 e. The smallest absolute Gasteiger partial charge is 0.312 e. The zero-order valence-corrected chi connectivity index (χ0v) is 23.3. The minimum Gasteiger partial charge on any atom is -0.469 e. The molecule has 194 valence electrons. The van der Waals surface area contributed by atoms with Crippen molar-refractivity contribution in [3.8, 4) is 0 Å². The molecule has 0 saturated heterocycles. The van der Waals surface area contributed by atoms with Crippen LogP contribution >= 0.6 is 0 Å². The molecule has 0 heterocycles. The number of ketones is 2. The Morgan fingerprint density at radius 3 is 2.20 bits per heavy atom. The number of hydrogen-bond acceptors (Lipinski definition) is 4. The van der Waals surface area contributed by atoms with Gasteiger partial charge in [-0.1, -0.05) is 54.5 Å². The Labute approximate surface area is 212 Å². The molecular weight excluding hydrogens is 436 g/mol. The second kappa shape index (κ2) is 7.32. The van der Waals surface area contributed by atoms with Gasteiger partial charge in [0, 0.05) is 17.8 Å². The Hall–Kier alpha value is -1.45. The van der Waals surface area contributed by atoms with Crippen molar-refractivity contribution in [2.24, 2.45) is 56.2 Å². The van der Waals surface area contributed by atoms with E-state index in [0.29, 0.717) is 12.2 Å². The highest BCUT2D eigenvalue weighted by Gasteiger charge is 2.72. The third-order valence-electron chi connectivity index (χ3n) is 12.9. The van der Waals surface area contributed by atoms with Crippen LogP contribution in [0.2, 0.25) is 0 Å². The van der Waals surface area contributed by atoms with E-state index in [-0.39, 0.29) is 57.1 Å². The molecule has 5 aliphatic carbocycles. The van der Waals surface area contributed by atoms with E-state index in [1.54, 1.807) is 0 Å². The third-order valence-corrected chi connectivity index (χ3v) is 12.9. The molecule has 0 aromatic rings. The number of methoxy groups -OCH3 is 1. The zero-order valence-electron chi connectivity index (χ0n) is 23.3. The first kappa shape index (κ1) is 25.2. The number of ether oxygens (including phenoxy) is 1. The van der Waals surface area contributed by atoms with Crippen LogP contribution in [0, 0.1) is 56.2 Å². The van der Waals surface area contributed by atoms with Crippen LogP contribution in [0.3, 0.4) is 0 Å². The maximum atomic E-state index is 14.3. The highest BCUT2D eigenvalue weighted by Crippen LogP contribution is 2.75. The predicted molar refractivity (Wildman–Crippen MR) is 136 cm³/mol. The third kappa shape index (κ3) is 3.00. The summed E-state index contributed by atoms with van der Waals surface area (Å²) in [5, 5.41) is 0. The molecule has 0 aromatic carbocycles. The number of esters is 1. The Balaban J connectivity index is 1.62. The van der Waals surface area contributed by atoms with E-state index in [1.807, 2.05) is 6.08 Å². The molecule has 4 nitrogen and oxygen atoms in total. The molecule has 4 heteroatoms. The van der Waals surface area contributed by atoms with Crippen molar-refractivity contribution in [3.63, 3.8) is 0 Å². The molecule has 8 atom stereocenters. The second-order valence-corrected chi connectivity index (χ2v) is 15.0. The van der Waals surface area contributed by atoms with Crippen molar-refractivity contribution in [1.29, 1.82) is 0 Å². The predicted octanol–water partition coefficient (Wildman–Crippen LogP) is 6.57. The summed E-state index contributed by atoms with van der Waals surface area (Å²) in [6.07, 6.45) is 11.1. The van der Waals surface area contributed by atoms with Gasteiger partial charge >= 0.3 is 5.97 Å². The standard InChI is InChI=1S/C31H46O4/c1-26(2)13-15-31(25(34)35-8)16-14-30(7)24(19(31)18-26)20(32)17-22-28(5)11-10-23(33)27(3,4)21(28)9-12-29(22,30)6/h10-11,19,21-22,24H,9,12-18H2,1-8H3/t19?,21-,22+,24?,28-,29+,30+,31-/m0/s1. The Bertz CT molecular complexity index is 1010. The van der Waals surface area contributed by atoms with Crippen molar-refractivity contribution >= 4 is 17.5 Å². The van der Waals surface area contributed by atoms with E-state index in [4.69, 9.17) is 4.74 Å². The molecule has 0 radical (unpaired) electrons. The summed E-state index contributed by atoms with van der Waals surface area (Å²) in [5.41, 5.74) is -1.13. The van der Waals surface area contributed by atoms with Crippen molar-refractivity contribution < 1.29 is 19.1 Å². The van der Waals surface area contributed by atoms with E-state index in [1.165, 1.54) is 7.11 Å². The van der Waals surface area contributed by atoms with Crippen LogP contribution in [0.4, 0.5) is 0 Å². The number of rotatable bonds is 1. The van der Waals surface area contributed by atoms with Gasteiger partial charge in [-0.3, -0.25) is 14.4 Å². The Morgan fingerprint density at radius 2 is 1.54 bits per heavy atom. The average molecular weight is 483 g/mol. The van der Waals surface area contributed by atoms with Crippen LogP contribution in [-0.2, 0) is 19.1 Å². The summed E-state index contributed by atoms with van der Waals surface area (Å²) in [6.45, 7) is 16.0. The molecule has 0 aromatic heterocycles. The van der Waals surface area contributed by atoms with Crippen molar-refractivity contribution in [3.05, 3.63) is 12.2 Å². The molecule has 0 aliphatic heterocycles. The number of carbonyl (C=O) groups excluding carboxylic acids is 3. The van der Waals surface area contributed by atoms with Crippen LogP contribution in [0.1, 0.15) is 99.8 Å². The minimum absolute atomic E-state index is 0.0124. The monoisotopic (exact) mass is 482 g/mol. The van der Waals surface area contributed by atoms with Gasteiger partial charge < -0.3 is 4.74 Å². The fourth-order valence-electron chi connectivity index (χ4n) is 10.6. The van der Waals surface area contributed by atoms with Gasteiger partial charge in [-0.15, -0.1) is 0 Å². The lowest BCUT2D eigenvalue weighted by molar-refractivity contribution is -0.226. The van der Waals surface area contributed by atoms with E-state index in [2.05, 4.69) is 54.5 Å². The molecule has 0 N–H and O–H groups in total. The molecule has 0 spiro atoms. The fraction of sp³-hybridized carbons (Fsp3) is 0.839. The van der Waals surface area contributed by atoms with Gasteiger partial charge in [-0.05, 0) is 90.4 Å². The lowest BCUT2D eigenvalue weighted by atomic mass is 9.32. The minimum atomic E-state index is -0.520. The number of hydrogen-bond donors (Lipinski definition) is 0. The maximum absolute atomic E-state index is 14.3. The number of Topliss-reactive ketones (excluding diaryl/α,β-unsaturated/α-hetero) is 1. The zero-order chi connectivity index (χ0) is 25.8. The Morgan fingerprint density at radius 1 is 0.886 bits per heavy atom. The Kier molecular flexibility index (Phi) is 5.27. The average Bonchev–Trinajstić information content (AvgIpc) is 2.77. The van der Waals surface area contributed by atoms with E-state index in [0.717, 1.165) is 44.9 Å². The number of carbonyl (C=O) groups is 3. The van der Waals surface area contributed by atoms with Crippen LogP contribution in [-0.4, -0.2) is 24.6 Å². The van der Waals surface area contributed by atoms with Gasteiger partial charge in [0.15, 0.2) is 5.78 Å². The molecule has 2 unspecified atom stereocenters. The van der Waals surface area contributed by atoms with E-state index in [9.17, 15) is 14.4 Å². The van der Waals surface area contributed by atoms with Gasteiger partial charge in [-0.2, -0.15) is 0 Å². The van der Waals surface area contributed by atoms with E-state index < -0.39 is 10.8 Å². The molecule has 4 saturated carbocycles. The first-order chi connectivity index (χ1) is 16.1. The molecule has 0 amide bonds. The van der Waals surface area contributed by atoms with Crippen molar-refractivity contribution in [2.75, 3.05) is 7.11 Å². The normalized spacial score (nSPS) is 49.8. The summed E-state index contributed by atoms with van der Waals surface area (Å²) in [4.78, 5) is 40.6. The molecule has 0 bridgehead atoms. The lowest BCUT2D eigenvalue weighted by Crippen LogP contribution is -2.69. The molecular formula is C31H46O4. The molecule has 4 fully saturated rings. The van der Waals surface area contributed by atoms with Gasteiger partial charge in [0.2, 0.25) is 0 Å². The summed E-state index contributed by atoms with van der Waals surface area (Å²) in [6, 6.07) is 0. The highest BCUT2D eigenvalue weighted by atomic mass is 16.5. The van der Waals surface area contributed by atoms with Crippen LogP contribution in [0.15, 0.2) is 12.2 Å². The summed E-state index contributed by atoms with van der Waals surface area (Å²) >= 11 is 0. The second-order valence-electron chi connectivity index (χ2n) is 15.0. The topological polar surface area (TPSA) is 60.4 Å². The summed E-state index contributed by atoms with van der Waals surface area (Å²) in [7, 11) is 1.52. The number of allylic oxidation sites excluding steroid dienone is 2. The largest absolute Gasteiger partial charge is 0.469 e. The van der Waals surface area contributed by atoms with E-state index >= 15 is 0 Å². The fourth-order valence-corrected chi connectivity index (χ4v) is 10.6. The van der Waals surface area contributed by atoms with Gasteiger partial charge in [0.1, 0.15) is 5.78 Å². The quantitative estimate of drug-likeness (QED) is 0.397. The SMILES string of the molecule is COC(=O)[C@]12CCC(C)(C)CC1C1C(=O)C[C@@H]3[C@@]4(C)C=CC(=O)C(C)(C)[C@@H]4CC[C@@]3(C)[C@]1(C)CC2. The molecule has 35 heavy (non-hydrogen) atoms. The van der Waals surface area contributed by atoms with Gasteiger partial charge in [-0.25, -0.2) is 0 Å². The highest BCUT2D eigenvalue weighted by molar-refractivity contribution is 5.96. The van der Waals surface area contributed by atoms with Crippen LogP contribution in [0.25, 0.3) is 0 Å². The first-order valence-corrected chi connectivity index (χ1v) is 13.9. The van der Waals surface area contributed by atoms with Gasteiger partial charge in [0.05, 0.1) is 12.5 Å².